The molecule has 0 radical (unpaired) electrons. The summed E-state index contributed by atoms with van der Waals surface area (Å²) in [7, 11) is -1.60. The molecule has 9 heteroatoms. The Balaban J connectivity index is 1.68. The molecule has 1 aliphatic rings. The number of piperidine rings is 1. The third-order valence-corrected chi connectivity index (χ3v) is 6.14. The van der Waals surface area contributed by atoms with Gasteiger partial charge in [-0.3, -0.25) is 0 Å². The predicted molar refractivity (Wildman–Crippen MR) is 88.8 cm³/mol. The Labute approximate surface area is 142 Å². The van der Waals surface area contributed by atoms with Gasteiger partial charge in [-0.2, -0.15) is 4.31 Å². The molecule has 0 amide bonds. The Kier molecular flexibility index (Phi) is 4.73. The molecule has 3 rings (SSSR count). The monoisotopic (exact) mass is 352 g/mol. The molecule has 0 aliphatic carbocycles. The van der Waals surface area contributed by atoms with Crippen molar-refractivity contribution >= 4 is 10.0 Å². The summed E-state index contributed by atoms with van der Waals surface area (Å²) in [6.45, 7) is 5.90. The fourth-order valence-electron chi connectivity index (χ4n) is 3.14. The van der Waals surface area contributed by atoms with E-state index in [1.807, 2.05) is 16.2 Å². The highest BCUT2D eigenvalue weighted by atomic mass is 32.2. The van der Waals surface area contributed by atoms with Crippen LogP contribution < -0.4 is 0 Å². The molecule has 0 saturated carbocycles. The van der Waals surface area contributed by atoms with E-state index in [0.717, 1.165) is 25.2 Å². The average molecular weight is 352 g/mol. The van der Waals surface area contributed by atoms with Crippen molar-refractivity contribution in [3.8, 4) is 0 Å². The standard InChI is InChI=1S/C15H24N6O2S/c1-12(2)8-20-9-14(16-10-20)24(22,23)21-6-4-13(5-7-21)15-18-17-11-19(15)3/h9-13H,4-8H2,1-3H3. The molecule has 0 spiro atoms. The number of hydrogen-bond acceptors (Lipinski definition) is 5. The molecule has 24 heavy (non-hydrogen) atoms. The molecule has 0 atom stereocenters. The van der Waals surface area contributed by atoms with Crippen LogP contribution in [0.3, 0.4) is 0 Å². The van der Waals surface area contributed by atoms with E-state index in [-0.39, 0.29) is 10.9 Å². The van der Waals surface area contributed by atoms with Crippen LogP contribution in [0.4, 0.5) is 0 Å². The molecule has 0 N–H and O–H groups in total. The van der Waals surface area contributed by atoms with Gasteiger partial charge in [0.05, 0.1) is 6.33 Å². The Morgan fingerprint density at radius 2 is 1.96 bits per heavy atom. The fraction of sp³-hybridized carbons (Fsp3) is 0.667. The number of nitrogens with zero attached hydrogens (tertiary/aromatic N) is 6. The highest BCUT2D eigenvalue weighted by Gasteiger charge is 2.32. The van der Waals surface area contributed by atoms with Gasteiger partial charge in [-0.25, -0.2) is 13.4 Å². The van der Waals surface area contributed by atoms with Crippen molar-refractivity contribution in [3.63, 3.8) is 0 Å². The topological polar surface area (TPSA) is 85.9 Å². The molecule has 2 aromatic heterocycles. The van der Waals surface area contributed by atoms with Gasteiger partial charge in [0.15, 0.2) is 5.03 Å². The van der Waals surface area contributed by atoms with E-state index in [9.17, 15) is 8.42 Å². The van der Waals surface area contributed by atoms with Crippen LogP contribution in [-0.4, -0.2) is 50.1 Å². The Hall–Kier alpha value is -1.74. The zero-order valence-electron chi connectivity index (χ0n) is 14.3. The summed E-state index contributed by atoms with van der Waals surface area (Å²) in [6, 6.07) is 0. The third-order valence-electron chi connectivity index (χ3n) is 4.36. The molecular weight excluding hydrogens is 328 g/mol. The van der Waals surface area contributed by atoms with E-state index < -0.39 is 10.0 Å². The highest BCUT2D eigenvalue weighted by molar-refractivity contribution is 7.89. The lowest BCUT2D eigenvalue weighted by Crippen LogP contribution is -2.38. The molecular formula is C15H24N6O2S. The van der Waals surface area contributed by atoms with Crippen molar-refractivity contribution in [3.05, 3.63) is 24.7 Å². The van der Waals surface area contributed by atoms with Crippen LogP contribution in [0.5, 0.6) is 0 Å². The quantitative estimate of drug-likeness (QED) is 0.808. The molecule has 1 fully saturated rings. The molecule has 1 saturated heterocycles. The van der Waals surface area contributed by atoms with Crippen LogP contribution in [-0.2, 0) is 23.6 Å². The lowest BCUT2D eigenvalue weighted by molar-refractivity contribution is 0.310. The van der Waals surface area contributed by atoms with E-state index in [2.05, 4.69) is 29.0 Å². The number of rotatable bonds is 5. The van der Waals surface area contributed by atoms with Crippen molar-refractivity contribution in [2.75, 3.05) is 13.1 Å². The predicted octanol–water partition coefficient (Wildman–Crippen LogP) is 1.24. The minimum Gasteiger partial charge on any atom is -0.336 e. The first-order valence-electron chi connectivity index (χ1n) is 8.23. The largest absolute Gasteiger partial charge is 0.336 e. The lowest BCUT2D eigenvalue weighted by atomic mass is 9.97. The molecule has 8 nitrogen and oxygen atoms in total. The maximum Gasteiger partial charge on any atom is 0.262 e. The summed E-state index contributed by atoms with van der Waals surface area (Å²) in [5.74, 6) is 1.62. The minimum atomic E-state index is -3.52. The van der Waals surface area contributed by atoms with E-state index in [1.54, 1.807) is 18.9 Å². The SMILES string of the molecule is CC(C)Cn1cnc(S(=O)(=O)N2CCC(c3nncn3C)CC2)c1. The van der Waals surface area contributed by atoms with Crippen molar-refractivity contribution in [2.45, 2.75) is 44.2 Å². The Morgan fingerprint density at radius 3 is 2.54 bits per heavy atom. The third kappa shape index (κ3) is 3.36. The van der Waals surface area contributed by atoms with Gasteiger partial charge < -0.3 is 9.13 Å². The Bertz CT molecular complexity index is 787. The van der Waals surface area contributed by atoms with E-state index in [1.165, 1.54) is 4.31 Å². The summed E-state index contributed by atoms with van der Waals surface area (Å²) in [4.78, 5) is 4.11. The average Bonchev–Trinajstić information content (AvgIpc) is 3.16. The fourth-order valence-corrected chi connectivity index (χ4v) is 4.55. The number of aryl methyl sites for hydroxylation is 1. The molecule has 132 valence electrons. The first-order valence-corrected chi connectivity index (χ1v) is 9.67. The second kappa shape index (κ2) is 6.64. The summed E-state index contributed by atoms with van der Waals surface area (Å²) in [5, 5.41) is 8.19. The van der Waals surface area contributed by atoms with Crippen LogP contribution in [0, 0.1) is 5.92 Å². The van der Waals surface area contributed by atoms with Gasteiger partial charge in [-0.05, 0) is 18.8 Å². The first kappa shape index (κ1) is 17.1. The number of imidazole rings is 1. The van der Waals surface area contributed by atoms with Crippen LogP contribution >= 0.6 is 0 Å². The number of hydrogen-bond donors (Lipinski definition) is 0. The van der Waals surface area contributed by atoms with Crippen LogP contribution in [0.25, 0.3) is 0 Å². The number of aromatic nitrogens is 5. The highest BCUT2D eigenvalue weighted by Crippen LogP contribution is 2.29. The maximum atomic E-state index is 12.8. The van der Waals surface area contributed by atoms with Crippen molar-refractivity contribution in [1.29, 1.82) is 0 Å². The molecule has 0 unspecified atom stereocenters. The first-order chi connectivity index (χ1) is 11.4. The lowest BCUT2D eigenvalue weighted by Gasteiger charge is -2.29. The minimum absolute atomic E-state index is 0.139. The Morgan fingerprint density at radius 1 is 1.25 bits per heavy atom. The molecule has 1 aliphatic heterocycles. The van der Waals surface area contributed by atoms with Gasteiger partial charge in [-0.1, -0.05) is 13.8 Å². The van der Waals surface area contributed by atoms with E-state index in [0.29, 0.717) is 19.0 Å². The van der Waals surface area contributed by atoms with Crippen molar-refractivity contribution in [2.24, 2.45) is 13.0 Å². The van der Waals surface area contributed by atoms with Crippen LogP contribution in [0.2, 0.25) is 0 Å². The van der Waals surface area contributed by atoms with Crippen LogP contribution in [0.1, 0.15) is 38.4 Å². The molecule has 3 heterocycles. The zero-order valence-corrected chi connectivity index (χ0v) is 15.1. The summed E-state index contributed by atoms with van der Waals surface area (Å²) in [5.41, 5.74) is 0. The van der Waals surface area contributed by atoms with Crippen LogP contribution in [0.15, 0.2) is 23.9 Å². The summed E-state index contributed by atoms with van der Waals surface area (Å²) >= 11 is 0. The van der Waals surface area contributed by atoms with E-state index in [4.69, 9.17) is 0 Å². The van der Waals surface area contributed by atoms with Crippen molar-refractivity contribution in [1.82, 2.24) is 28.6 Å². The molecule has 0 aromatic carbocycles. The molecule has 0 bridgehead atoms. The summed E-state index contributed by atoms with van der Waals surface area (Å²) in [6.07, 6.45) is 6.40. The normalized spacial score (nSPS) is 17.7. The van der Waals surface area contributed by atoms with Gasteiger partial charge in [0, 0.05) is 38.8 Å². The smallest absolute Gasteiger partial charge is 0.262 e. The maximum absolute atomic E-state index is 12.8. The van der Waals surface area contributed by atoms with Gasteiger partial charge in [-0.15, -0.1) is 10.2 Å². The molecule has 2 aromatic rings. The van der Waals surface area contributed by atoms with Gasteiger partial charge >= 0.3 is 0 Å². The van der Waals surface area contributed by atoms with Gasteiger partial charge in [0.1, 0.15) is 12.2 Å². The second-order valence-corrected chi connectivity index (χ2v) is 8.67. The number of sulfonamides is 1. The van der Waals surface area contributed by atoms with E-state index >= 15 is 0 Å². The van der Waals surface area contributed by atoms with Crippen molar-refractivity contribution < 1.29 is 8.42 Å². The summed E-state index contributed by atoms with van der Waals surface area (Å²) < 4.78 is 30.8. The van der Waals surface area contributed by atoms with Gasteiger partial charge in [0.2, 0.25) is 0 Å². The zero-order chi connectivity index (χ0) is 17.3. The second-order valence-electron chi connectivity index (χ2n) is 6.78. The van der Waals surface area contributed by atoms with Gasteiger partial charge in [0.25, 0.3) is 10.0 Å².